The van der Waals surface area contributed by atoms with Gasteiger partial charge in [0, 0.05) is 18.1 Å². The van der Waals surface area contributed by atoms with Crippen LogP contribution in [0.3, 0.4) is 0 Å². The second-order valence-corrected chi connectivity index (χ2v) is 6.42. The molecule has 1 saturated carbocycles. The highest BCUT2D eigenvalue weighted by Gasteiger charge is 2.40. The zero-order valence-corrected chi connectivity index (χ0v) is 10.5. The van der Waals surface area contributed by atoms with Crippen molar-refractivity contribution in [2.75, 3.05) is 6.54 Å². The van der Waals surface area contributed by atoms with Gasteiger partial charge >= 0.3 is 0 Å². The molecule has 3 unspecified atom stereocenters. The Morgan fingerprint density at radius 3 is 2.33 bits per heavy atom. The fourth-order valence-corrected chi connectivity index (χ4v) is 3.50. The van der Waals surface area contributed by atoms with Crippen LogP contribution in [0.25, 0.3) is 0 Å². The lowest BCUT2D eigenvalue weighted by molar-refractivity contribution is 0.0918. The van der Waals surface area contributed by atoms with Gasteiger partial charge in [-0.15, -0.1) is 0 Å². The summed E-state index contributed by atoms with van der Waals surface area (Å²) < 4.78 is 0. The van der Waals surface area contributed by atoms with Crippen molar-refractivity contribution in [1.29, 1.82) is 0 Å². The third-order valence-electron chi connectivity index (χ3n) is 4.25. The second-order valence-electron chi connectivity index (χ2n) is 6.42. The number of likely N-dealkylation sites (tertiary alicyclic amines) is 1. The summed E-state index contributed by atoms with van der Waals surface area (Å²) in [4.78, 5) is 2.72. The molecule has 0 amide bonds. The molecule has 0 spiro atoms. The molecular weight excluding hydrogens is 184 g/mol. The molecule has 1 aliphatic carbocycles. The van der Waals surface area contributed by atoms with Crippen molar-refractivity contribution in [2.24, 2.45) is 11.1 Å². The average molecular weight is 210 g/mol. The fraction of sp³-hybridized carbons (Fsp3) is 1.00. The number of nitrogens with two attached hydrogens (primary N) is 1. The van der Waals surface area contributed by atoms with Crippen molar-refractivity contribution in [3.8, 4) is 0 Å². The minimum Gasteiger partial charge on any atom is -0.326 e. The Hall–Kier alpha value is -0.0800. The van der Waals surface area contributed by atoms with Gasteiger partial charge in [0.2, 0.25) is 0 Å². The van der Waals surface area contributed by atoms with Crippen molar-refractivity contribution in [3.63, 3.8) is 0 Å². The molecule has 2 fully saturated rings. The first-order valence-electron chi connectivity index (χ1n) is 6.51. The van der Waals surface area contributed by atoms with E-state index in [2.05, 4.69) is 25.7 Å². The SMILES string of the molecule is CC(C)(C)C1CCCN1C1CCCC1N. The minimum absolute atomic E-state index is 0.415. The first-order chi connectivity index (χ1) is 7.00. The molecule has 2 aliphatic rings. The molecule has 15 heavy (non-hydrogen) atoms. The molecule has 88 valence electrons. The lowest BCUT2D eigenvalue weighted by Gasteiger charge is -2.40. The first kappa shape index (κ1) is 11.4. The van der Waals surface area contributed by atoms with Gasteiger partial charge in [-0.05, 0) is 37.6 Å². The highest BCUT2D eigenvalue weighted by Crippen LogP contribution is 2.37. The summed E-state index contributed by atoms with van der Waals surface area (Å²) in [6.45, 7) is 8.39. The molecule has 2 rings (SSSR count). The maximum atomic E-state index is 6.22. The summed E-state index contributed by atoms with van der Waals surface area (Å²) in [6.07, 6.45) is 6.63. The largest absolute Gasteiger partial charge is 0.326 e. The van der Waals surface area contributed by atoms with E-state index >= 15 is 0 Å². The molecule has 2 nitrogen and oxygen atoms in total. The molecule has 0 aromatic rings. The van der Waals surface area contributed by atoms with Gasteiger partial charge in [-0.25, -0.2) is 0 Å². The highest BCUT2D eigenvalue weighted by molar-refractivity contribution is 4.97. The van der Waals surface area contributed by atoms with Gasteiger partial charge in [-0.3, -0.25) is 4.90 Å². The van der Waals surface area contributed by atoms with E-state index < -0.39 is 0 Å². The normalized spacial score (nSPS) is 38.8. The zero-order chi connectivity index (χ0) is 11.1. The summed E-state index contributed by atoms with van der Waals surface area (Å²) in [7, 11) is 0. The van der Waals surface area contributed by atoms with Crippen LogP contribution in [0.5, 0.6) is 0 Å². The second kappa shape index (κ2) is 4.06. The highest BCUT2D eigenvalue weighted by atomic mass is 15.2. The quantitative estimate of drug-likeness (QED) is 0.720. The monoisotopic (exact) mass is 210 g/mol. The topological polar surface area (TPSA) is 29.3 Å². The Bertz CT molecular complexity index is 219. The molecule has 0 aromatic carbocycles. The molecule has 1 aliphatic heterocycles. The van der Waals surface area contributed by atoms with Gasteiger partial charge in [0.05, 0.1) is 0 Å². The Kier molecular flexibility index (Phi) is 3.09. The van der Waals surface area contributed by atoms with Crippen LogP contribution in [0, 0.1) is 5.41 Å². The van der Waals surface area contributed by atoms with Gasteiger partial charge < -0.3 is 5.73 Å². The Morgan fingerprint density at radius 2 is 1.80 bits per heavy atom. The van der Waals surface area contributed by atoms with E-state index in [1.54, 1.807) is 0 Å². The van der Waals surface area contributed by atoms with Crippen LogP contribution in [0.1, 0.15) is 52.9 Å². The third kappa shape index (κ3) is 2.21. The van der Waals surface area contributed by atoms with E-state index in [0.717, 1.165) is 6.04 Å². The summed E-state index contributed by atoms with van der Waals surface area (Å²) >= 11 is 0. The van der Waals surface area contributed by atoms with E-state index in [-0.39, 0.29) is 0 Å². The first-order valence-corrected chi connectivity index (χ1v) is 6.51. The molecule has 1 heterocycles. The van der Waals surface area contributed by atoms with Crippen molar-refractivity contribution < 1.29 is 0 Å². The lowest BCUT2D eigenvalue weighted by Crippen LogP contribution is -2.50. The van der Waals surface area contributed by atoms with Crippen LogP contribution in [0.15, 0.2) is 0 Å². The average Bonchev–Trinajstić information content (AvgIpc) is 2.69. The predicted molar refractivity (Wildman–Crippen MR) is 64.8 cm³/mol. The van der Waals surface area contributed by atoms with E-state index in [1.807, 2.05) is 0 Å². The summed E-state index contributed by atoms with van der Waals surface area (Å²) in [6, 6.07) is 1.87. The molecule has 0 radical (unpaired) electrons. The van der Waals surface area contributed by atoms with Crippen molar-refractivity contribution in [3.05, 3.63) is 0 Å². The van der Waals surface area contributed by atoms with Crippen molar-refractivity contribution in [2.45, 2.75) is 71.0 Å². The predicted octanol–water partition coefficient (Wildman–Crippen LogP) is 2.38. The molecule has 0 bridgehead atoms. The molecule has 3 atom stereocenters. The summed E-state index contributed by atoms with van der Waals surface area (Å²) in [5.74, 6) is 0. The van der Waals surface area contributed by atoms with Crippen LogP contribution in [0.2, 0.25) is 0 Å². The van der Waals surface area contributed by atoms with Crippen LogP contribution in [0.4, 0.5) is 0 Å². The van der Waals surface area contributed by atoms with Crippen LogP contribution >= 0.6 is 0 Å². The number of hydrogen-bond donors (Lipinski definition) is 1. The van der Waals surface area contributed by atoms with Gasteiger partial charge in [0.1, 0.15) is 0 Å². The van der Waals surface area contributed by atoms with Crippen LogP contribution < -0.4 is 5.73 Å². The lowest BCUT2D eigenvalue weighted by atomic mass is 9.84. The van der Waals surface area contributed by atoms with E-state index in [0.29, 0.717) is 17.5 Å². The maximum Gasteiger partial charge on any atom is 0.0250 e. The molecular formula is C13H26N2. The van der Waals surface area contributed by atoms with E-state index in [1.165, 1.54) is 38.6 Å². The van der Waals surface area contributed by atoms with Crippen LogP contribution in [-0.2, 0) is 0 Å². The van der Waals surface area contributed by atoms with Gasteiger partial charge in [0.15, 0.2) is 0 Å². The zero-order valence-electron chi connectivity index (χ0n) is 10.5. The standard InChI is InChI=1S/C13H26N2/c1-13(2,3)12-8-5-9-15(12)11-7-4-6-10(11)14/h10-12H,4-9,14H2,1-3H3. The van der Waals surface area contributed by atoms with E-state index in [9.17, 15) is 0 Å². The van der Waals surface area contributed by atoms with E-state index in [4.69, 9.17) is 5.73 Å². The van der Waals surface area contributed by atoms with Gasteiger partial charge in [0.25, 0.3) is 0 Å². The number of rotatable bonds is 1. The van der Waals surface area contributed by atoms with Gasteiger partial charge in [-0.1, -0.05) is 27.2 Å². The van der Waals surface area contributed by atoms with Crippen molar-refractivity contribution in [1.82, 2.24) is 4.90 Å². The number of nitrogens with zero attached hydrogens (tertiary/aromatic N) is 1. The Balaban J connectivity index is 2.07. The summed E-state index contributed by atoms with van der Waals surface area (Å²) in [5.41, 5.74) is 6.64. The van der Waals surface area contributed by atoms with Crippen molar-refractivity contribution >= 4 is 0 Å². The molecule has 2 heteroatoms. The Labute approximate surface area is 94.2 Å². The Morgan fingerprint density at radius 1 is 1.07 bits per heavy atom. The summed E-state index contributed by atoms with van der Waals surface area (Å²) in [5, 5.41) is 0. The number of hydrogen-bond acceptors (Lipinski definition) is 2. The van der Waals surface area contributed by atoms with Crippen LogP contribution in [-0.4, -0.2) is 29.6 Å². The third-order valence-corrected chi connectivity index (χ3v) is 4.25. The molecule has 2 N–H and O–H groups in total. The smallest absolute Gasteiger partial charge is 0.0250 e. The van der Waals surface area contributed by atoms with Gasteiger partial charge in [-0.2, -0.15) is 0 Å². The maximum absolute atomic E-state index is 6.22. The molecule has 0 aromatic heterocycles. The molecule has 1 saturated heterocycles. The fourth-order valence-electron chi connectivity index (χ4n) is 3.50. The minimum atomic E-state index is 0.415.